The number of amides is 2. The molecule has 2 aliphatic rings. The summed E-state index contributed by atoms with van der Waals surface area (Å²) in [5, 5.41) is 0. The van der Waals surface area contributed by atoms with Crippen molar-refractivity contribution < 1.29 is 4.79 Å². The highest BCUT2D eigenvalue weighted by atomic mass is 16.2. The van der Waals surface area contributed by atoms with Crippen LogP contribution in [-0.2, 0) is 0 Å². The van der Waals surface area contributed by atoms with Crippen LogP contribution in [0.15, 0.2) is 0 Å². The fourth-order valence-corrected chi connectivity index (χ4v) is 4.25. The van der Waals surface area contributed by atoms with Gasteiger partial charge in [-0.2, -0.15) is 0 Å². The Balaban J connectivity index is 1.72. The largest absolute Gasteiger partial charge is 0.325 e. The summed E-state index contributed by atoms with van der Waals surface area (Å²) in [5.74, 6) is 3.24. The zero-order valence-corrected chi connectivity index (χ0v) is 15.2. The van der Waals surface area contributed by atoms with Gasteiger partial charge >= 0.3 is 6.03 Å². The fraction of sp³-hybridized carbons (Fsp3) is 0.947. The van der Waals surface area contributed by atoms with Gasteiger partial charge in [-0.1, -0.05) is 27.7 Å². The van der Waals surface area contributed by atoms with Gasteiger partial charge in [0.15, 0.2) is 0 Å². The standard InChI is InChI=1S/C19H36N2O/c1-15(2)13-17-5-9-20(10-6-17)19(22)21-11-7-18(8-12-21)14-16(3)4/h15-18H,5-14H2,1-4H3. The second-order valence-electron chi connectivity index (χ2n) is 8.40. The van der Waals surface area contributed by atoms with E-state index >= 15 is 0 Å². The van der Waals surface area contributed by atoms with Crippen molar-refractivity contribution in [2.24, 2.45) is 23.7 Å². The van der Waals surface area contributed by atoms with Gasteiger partial charge in [-0.05, 0) is 62.2 Å². The van der Waals surface area contributed by atoms with E-state index in [2.05, 4.69) is 37.5 Å². The Morgan fingerprint density at radius 2 is 1.09 bits per heavy atom. The number of piperidine rings is 2. The summed E-state index contributed by atoms with van der Waals surface area (Å²) in [6.07, 6.45) is 7.45. The van der Waals surface area contributed by atoms with Crippen LogP contribution in [0.2, 0.25) is 0 Å². The smallest absolute Gasteiger partial charge is 0.319 e. The molecule has 128 valence electrons. The molecule has 0 aromatic carbocycles. The van der Waals surface area contributed by atoms with Crippen molar-refractivity contribution in [3.63, 3.8) is 0 Å². The third-order valence-electron chi connectivity index (χ3n) is 5.38. The van der Waals surface area contributed by atoms with Crippen LogP contribution in [-0.4, -0.2) is 42.0 Å². The van der Waals surface area contributed by atoms with Gasteiger partial charge in [-0.3, -0.25) is 0 Å². The van der Waals surface area contributed by atoms with Crippen LogP contribution in [0.1, 0.15) is 66.2 Å². The van der Waals surface area contributed by atoms with Crippen molar-refractivity contribution in [2.75, 3.05) is 26.2 Å². The van der Waals surface area contributed by atoms with Gasteiger partial charge in [-0.25, -0.2) is 4.79 Å². The maximum Gasteiger partial charge on any atom is 0.319 e. The van der Waals surface area contributed by atoms with Gasteiger partial charge in [0.1, 0.15) is 0 Å². The number of hydrogen-bond donors (Lipinski definition) is 0. The summed E-state index contributed by atoms with van der Waals surface area (Å²) >= 11 is 0. The van der Waals surface area contributed by atoms with Gasteiger partial charge in [0, 0.05) is 26.2 Å². The molecule has 0 bridgehead atoms. The summed E-state index contributed by atoms with van der Waals surface area (Å²) in [5.41, 5.74) is 0. The minimum Gasteiger partial charge on any atom is -0.325 e. The first-order chi connectivity index (χ1) is 10.5. The lowest BCUT2D eigenvalue weighted by atomic mass is 9.88. The van der Waals surface area contributed by atoms with Gasteiger partial charge in [0.05, 0.1) is 0 Å². The zero-order valence-electron chi connectivity index (χ0n) is 15.2. The SMILES string of the molecule is CC(C)CC1CCN(C(=O)N2CCC(CC(C)C)CC2)CC1. The van der Waals surface area contributed by atoms with Gasteiger partial charge in [-0.15, -0.1) is 0 Å². The molecular weight excluding hydrogens is 272 g/mol. The minimum atomic E-state index is 0.311. The Morgan fingerprint density at radius 3 is 1.36 bits per heavy atom. The normalized spacial score (nSPS) is 21.9. The Morgan fingerprint density at radius 1 is 0.773 bits per heavy atom. The molecule has 2 amide bonds. The average molecular weight is 309 g/mol. The molecule has 2 saturated heterocycles. The molecule has 0 unspecified atom stereocenters. The van der Waals surface area contributed by atoms with E-state index in [1.807, 2.05) is 0 Å². The number of urea groups is 1. The lowest BCUT2D eigenvalue weighted by Crippen LogP contribution is -2.49. The summed E-state index contributed by atoms with van der Waals surface area (Å²) < 4.78 is 0. The van der Waals surface area contributed by atoms with Crippen LogP contribution in [0.3, 0.4) is 0 Å². The summed E-state index contributed by atoms with van der Waals surface area (Å²) in [7, 11) is 0. The van der Waals surface area contributed by atoms with Crippen molar-refractivity contribution in [1.29, 1.82) is 0 Å². The van der Waals surface area contributed by atoms with Crippen LogP contribution >= 0.6 is 0 Å². The molecule has 0 spiro atoms. The molecule has 2 fully saturated rings. The van der Waals surface area contributed by atoms with Crippen LogP contribution in [0.5, 0.6) is 0 Å². The number of carbonyl (C=O) groups excluding carboxylic acids is 1. The van der Waals surface area contributed by atoms with E-state index < -0.39 is 0 Å². The van der Waals surface area contributed by atoms with Crippen molar-refractivity contribution in [2.45, 2.75) is 66.2 Å². The van der Waals surface area contributed by atoms with Gasteiger partial charge in [0.25, 0.3) is 0 Å². The summed E-state index contributed by atoms with van der Waals surface area (Å²) in [6.45, 7) is 13.1. The molecule has 0 N–H and O–H groups in total. The molecule has 0 aliphatic carbocycles. The second-order valence-corrected chi connectivity index (χ2v) is 8.40. The Labute approximate surface area is 137 Å². The minimum absolute atomic E-state index is 0.311. The average Bonchev–Trinajstić information content (AvgIpc) is 2.47. The van der Waals surface area contributed by atoms with Crippen LogP contribution in [0, 0.1) is 23.7 Å². The highest BCUT2D eigenvalue weighted by molar-refractivity contribution is 5.74. The lowest BCUT2D eigenvalue weighted by molar-refractivity contribution is 0.111. The monoisotopic (exact) mass is 308 g/mol. The van der Waals surface area contributed by atoms with Gasteiger partial charge < -0.3 is 9.80 Å². The summed E-state index contributed by atoms with van der Waals surface area (Å²) in [6, 6.07) is 0.311. The van der Waals surface area contributed by atoms with E-state index in [0.717, 1.165) is 49.9 Å². The van der Waals surface area contributed by atoms with Crippen molar-refractivity contribution in [3.05, 3.63) is 0 Å². The van der Waals surface area contributed by atoms with E-state index in [0.29, 0.717) is 6.03 Å². The van der Waals surface area contributed by atoms with E-state index in [1.165, 1.54) is 38.5 Å². The number of carbonyl (C=O) groups is 1. The Kier molecular flexibility index (Phi) is 6.58. The van der Waals surface area contributed by atoms with Crippen molar-refractivity contribution >= 4 is 6.03 Å². The predicted octanol–water partition coefficient (Wildman–Crippen LogP) is 4.62. The van der Waals surface area contributed by atoms with Crippen molar-refractivity contribution in [1.82, 2.24) is 9.80 Å². The molecule has 2 rings (SSSR count). The maximum atomic E-state index is 12.7. The molecule has 2 heterocycles. The molecule has 3 heteroatoms. The number of rotatable bonds is 4. The van der Waals surface area contributed by atoms with Crippen LogP contribution < -0.4 is 0 Å². The number of hydrogen-bond acceptors (Lipinski definition) is 1. The van der Waals surface area contributed by atoms with Crippen LogP contribution in [0.4, 0.5) is 4.79 Å². The quantitative estimate of drug-likeness (QED) is 0.743. The first kappa shape index (κ1) is 17.6. The topological polar surface area (TPSA) is 23.6 Å². The summed E-state index contributed by atoms with van der Waals surface area (Å²) in [4.78, 5) is 16.9. The molecule has 3 nitrogen and oxygen atoms in total. The molecule has 0 aromatic rings. The third kappa shape index (κ3) is 5.17. The zero-order chi connectivity index (χ0) is 16.1. The Hall–Kier alpha value is -0.730. The molecule has 0 saturated carbocycles. The van der Waals surface area contributed by atoms with E-state index in [1.54, 1.807) is 0 Å². The Bertz CT molecular complexity index is 305. The highest BCUT2D eigenvalue weighted by Gasteiger charge is 2.29. The highest BCUT2D eigenvalue weighted by Crippen LogP contribution is 2.27. The number of nitrogens with zero attached hydrogens (tertiary/aromatic N) is 2. The fourth-order valence-electron chi connectivity index (χ4n) is 4.25. The van der Waals surface area contributed by atoms with Gasteiger partial charge in [0.2, 0.25) is 0 Å². The van der Waals surface area contributed by atoms with E-state index in [4.69, 9.17) is 0 Å². The van der Waals surface area contributed by atoms with E-state index in [-0.39, 0.29) is 0 Å². The lowest BCUT2D eigenvalue weighted by Gasteiger charge is -2.39. The van der Waals surface area contributed by atoms with Crippen LogP contribution in [0.25, 0.3) is 0 Å². The molecule has 0 radical (unpaired) electrons. The third-order valence-corrected chi connectivity index (χ3v) is 5.38. The molecule has 0 atom stereocenters. The number of likely N-dealkylation sites (tertiary alicyclic amines) is 2. The van der Waals surface area contributed by atoms with E-state index in [9.17, 15) is 4.79 Å². The van der Waals surface area contributed by atoms with Crippen molar-refractivity contribution in [3.8, 4) is 0 Å². The maximum absolute atomic E-state index is 12.7. The first-order valence-electron chi connectivity index (χ1n) is 9.49. The first-order valence-corrected chi connectivity index (χ1v) is 9.49. The molecule has 22 heavy (non-hydrogen) atoms. The molecular formula is C19H36N2O. The predicted molar refractivity (Wildman–Crippen MR) is 92.9 cm³/mol. The molecule has 2 aliphatic heterocycles. The second kappa shape index (κ2) is 8.21. The molecule has 0 aromatic heterocycles.